The summed E-state index contributed by atoms with van der Waals surface area (Å²) in [7, 11) is 3.68. The first kappa shape index (κ1) is 15.9. The topological polar surface area (TPSA) is 37.4 Å². The summed E-state index contributed by atoms with van der Waals surface area (Å²) in [6, 6.07) is 4.73. The van der Waals surface area contributed by atoms with Gasteiger partial charge in [-0.05, 0) is 18.9 Å². The molecule has 0 bridgehead atoms. The number of hydrogen-bond acceptors (Lipinski definition) is 4. The molecule has 0 saturated carbocycles. The van der Waals surface area contributed by atoms with Crippen molar-refractivity contribution in [1.82, 2.24) is 9.88 Å². The number of anilines is 1. The highest BCUT2D eigenvalue weighted by Crippen LogP contribution is 2.17. The Hall–Kier alpha value is -1.13. The highest BCUT2D eigenvalue weighted by atomic mass is 16.5. The molecular weight excluding hydrogens is 238 g/mol. The summed E-state index contributed by atoms with van der Waals surface area (Å²) in [6.07, 6.45) is 4.15. The van der Waals surface area contributed by atoms with E-state index in [1.807, 2.05) is 19.3 Å². The van der Waals surface area contributed by atoms with E-state index in [2.05, 4.69) is 35.1 Å². The number of methoxy groups -OCH3 is 1. The van der Waals surface area contributed by atoms with Crippen molar-refractivity contribution in [2.75, 3.05) is 32.6 Å². The summed E-state index contributed by atoms with van der Waals surface area (Å²) < 4.78 is 5.23. The van der Waals surface area contributed by atoms with Crippen LogP contribution in [0.3, 0.4) is 0 Å². The Labute approximate surface area is 117 Å². The summed E-state index contributed by atoms with van der Waals surface area (Å²) in [6.45, 7) is 7.14. The molecule has 0 fully saturated rings. The minimum atomic E-state index is 0.597. The van der Waals surface area contributed by atoms with E-state index in [4.69, 9.17) is 4.74 Å². The van der Waals surface area contributed by atoms with E-state index in [1.165, 1.54) is 5.56 Å². The van der Waals surface area contributed by atoms with E-state index in [-0.39, 0.29) is 0 Å². The lowest BCUT2D eigenvalue weighted by Gasteiger charge is -2.30. The molecular formula is C15H27N3O. The third-order valence-corrected chi connectivity index (χ3v) is 3.54. The van der Waals surface area contributed by atoms with Crippen molar-refractivity contribution in [3.63, 3.8) is 0 Å². The number of ether oxygens (including phenoxy) is 1. The molecule has 19 heavy (non-hydrogen) atoms. The fourth-order valence-electron chi connectivity index (χ4n) is 2.41. The highest BCUT2D eigenvalue weighted by molar-refractivity contribution is 5.42. The van der Waals surface area contributed by atoms with Gasteiger partial charge in [-0.1, -0.05) is 19.9 Å². The van der Waals surface area contributed by atoms with Crippen molar-refractivity contribution < 1.29 is 4.74 Å². The van der Waals surface area contributed by atoms with Crippen LogP contribution < -0.4 is 5.32 Å². The summed E-state index contributed by atoms with van der Waals surface area (Å²) in [5, 5.41) is 3.16. The molecule has 0 aliphatic carbocycles. The van der Waals surface area contributed by atoms with Gasteiger partial charge >= 0.3 is 0 Å². The second kappa shape index (κ2) is 8.88. The Kier molecular flexibility index (Phi) is 7.45. The van der Waals surface area contributed by atoms with Gasteiger partial charge in [0.1, 0.15) is 5.82 Å². The van der Waals surface area contributed by atoms with Gasteiger partial charge in [0, 0.05) is 45.0 Å². The maximum absolute atomic E-state index is 5.23. The molecule has 4 heteroatoms. The van der Waals surface area contributed by atoms with Crippen LogP contribution in [0.25, 0.3) is 0 Å². The normalized spacial score (nSPS) is 11.3. The van der Waals surface area contributed by atoms with E-state index in [1.54, 1.807) is 7.11 Å². The van der Waals surface area contributed by atoms with Crippen molar-refractivity contribution >= 4 is 5.82 Å². The molecule has 1 N–H and O–H groups in total. The zero-order valence-corrected chi connectivity index (χ0v) is 12.6. The summed E-state index contributed by atoms with van der Waals surface area (Å²) in [5.41, 5.74) is 1.24. The largest absolute Gasteiger partial charge is 0.383 e. The van der Waals surface area contributed by atoms with Gasteiger partial charge in [-0.25, -0.2) is 4.98 Å². The fraction of sp³-hybridized carbons (Fsp3) is 0.667. The Morgan fingerprint density at radius 3 is 2.68 bits per heavy atom. The van der Waals surface area contributed by atoms with Gasteiger partial charge in [-0.2, -0.15) is 0 Å². The third kappa shape index (κ3) is 4.80. The van der Waals surface area contributed by atoms with Crippen LogP contribution in [0.2, 0.25) is 0 Å². The van der Waals surface area contributed by atoms with Crippen LogP contribution in [-0.4, -0.2) is 43.2 Å². The Morgan fingerprint density at radius 2 is 2.11 bits per heavy atom. The molecule has 1 aromatic rings. The van der Waals surface area contributed by atoms with Crippen molar-refractivity contribution in [1.29, 1.82) is 0 Å². The molecule has 0 aliphatic rings. The molecule has 0 radical (unpaired) electrons. The lowest BCUT2D eigenvalue weighted by molar-refractivity contribution is 0.110. The van der Waals surface area contributed by atoms with Crippen LogP contribution in [0.1, 0.15) is 32.3 Å². The molecule has 0 aromatic carbocycles. The van der Waals surface area contributed by atoms with Gasteiger partial charge in [-0.3, -0.25) is 4.90 Å². The molecule has 1 rings (SSSR count). The van der Waals surface area contributed by atoms with Crippen molar-refractivity contribution in [3.8, 4) is 0 Å². The fourth-order valence-corrected chi connectivity index (χ4v) is 2.41. The minimum absolute atomic E-state index is 0.597. The molecule has 0 saturated heterocycles. The van der Waals surface area contributed by atoms with Crippen molar-refractivity contribution in [3.05, 3.63) is 23.9 Å². The highest BCUT2D eigenvalue weighted by Gasteiger charge is 2.16. The van der Waals surface area contributed by atoms with E-state index in [9.17, 15) is 0 Å². The first-order valence-electron chi connectivity index (χ1n) is 7.11. The number of nitrogens with zero attached hydrogens (tertiary/aromatic N) is 2. The molecule has 0 amide bonds. The summed E-state index contributed by atoms with van der Waals surface area (Å²) in [4.78, 5) is 6.86. The van der Waals surface area contributed by atoms with Crippen LogP contribution in [0.5, 0.6) is 0 Å². The average molecular weight is 265 g/mol. The van der Waals surface area contributed by atoms with Crippen LogP contribution >= 0.6 is 0 Å². The second-order valence-electron chi connectivity index (χ2n) is 4.69. The van der Waals surface area contributed by atoms with E-state index in [0.29, 0.717) is 6.04 Å². The van der Waals surface area contributed by atoms with E-state index in [0.717, 1.165) is 38.4 Å². The second-order valence-corrected chi connectivity index (χ2v) is 4.69. The maximum Gasteiger partial charge on any atom is 0.130 e. The molecule has 0 aliphatic heterocycles. The number of hydrogen-bond donors (Lipinski definition) is 1. The standard InChI is InChI=1S/C15H27N3O/c1-5-14(6-2)18(10-11-19-4)12-13-8-7-9-17-15(13)16-3/h7-9,14H,5-6,10-12H2,1-4H3,(H,16,17). The number of aromatic nitrogens is 1. The maximum atomic E-state index is 5.23. The van der Waals surface area contributed by atoms with E-state index >= 15 is 0 Å². The Morgan fingerprint density at radius 1 is 1.37 bits per heavy atom. The first-order chi connectivity index (χ1) is 9.26. The Bertz CT molecular complexity index is 353. The van der Waals surface area contributed by atoms with Crippen LogP contribution in [0.4, 0.5) is 5.82 Å². The summed E-state index contributed by atoms with van der Waals surface area (Å²) in [5.74, 6) is 0.968. The van der Waals surface area contributed by atoms with Crippen LogP contribution in [-0.2, 0) is 11.3 Å². The molecule has 0 spiro atoms. The lowest BCUT2D eigenvalue weighted by Crippen LogP contribution is -2.36. The Balaban J connectivity index is 2.80. The third-order valence-electron chi connectivity index (χ3n) is 3.54. The number of nitrogens with one attached hydrogen (secondary N) is 1. The molecule has 1 aromatic heterocycles. The molecule has 0 unspecified atom stereocenters. The smallest absolute Gasteiger partial charge is 0.130 e. The predicted octanol–water partition coefficient (Wildman–Crippen LogP) is 2.76. The molecule has 4 nitrogen and oxygen atoms in total. The number of rotatable bonds is 9. The minimum Gasteiger partial charge on any atom is -0.383 e. The van der Waals surface area contributed by atoms with Crippen LogP contribution in [0, 0.1) is 0 Å². The zero-order chi connectivity index (χ0) is 14.1. The zero-order valence-electron chi connectivity index (χ0n) is 12.6. The van der Waals surface area contributed by atoms with Gasteiger partial charge in [0.05, 0.1) is 6.61 Å². The van der Waals surface area contributed by atoms with Crippen molar-refractivity contribution in [2.24, 2.45) is 0 Å². The van der Waals surface area contributed by atoms with Gasteiger partial charge < -0.3 is 10.1 Å². The van der Waals surface area contributed by atoms with Gasteiger partial charge in [0.15, 0.2) is 0 Å². The predicted molar refractivity (Wildman–Crippen MR) is 80.4 cm³/mol. The quantitative estimate of drug-likeness (QED) is 0.745. The van der Waals surface area contributed by atoms with Crippen LogP contribution in [0.15, 0.2) is 18.3 Å². The first-order valence-corrected chi connectivity index (χ1v) is 7.11. The number of pyridine rings is 1. The average Bonchev–Trinajstić information content (AvgIpc) is 2.46. The van der Waals surface area contributed by atoms with Gasteiger partial charge in [0.25, 0.3) is 0 Å². The van der Waals surface area contributed by atoms with E-state index < -0.39 is 0 Å². The SMILES string of the molecule is CCC(CC)N(CCOC)Cc1cccnc1NC. The van der Waals surface area contributed by atoms with Crippen molar-refractivity contribution in [2.45, 2.75) is 39.3 Å². The van der Waals surface area contributed by atoms with Gasteiger partial charge in [0.2, 0.25) is 0 Å². The monoisotopic (exact) mass is 265 g/mol. The van der Waals surface area contributed by atoms with Gasteiger partial charge in [-0.15, -0.1) is 0 Å². The summed E-state index contributed by atoms with van der Waals surface area (Å²) >= 11 is 0. The molecule has 108 valence electrons. The molecule has 1 heterocycles. The lowest BCUT2D eigenvalue weighted by atomic mass is 10.1. The molecule has 0 atom stereocenters.